The molecule has 0 aliphatic carbocycles. The number of hydrogen-bond donors (Lipinski definition) is 1. The van der Waals surface area contributed by atoms with Crippen LogP contribution >= 0.6 is 23.5 Å². The average molecular weight is 345 g/mol. The third kappa shape index (κ3) is 5.58. The van der Waals surface area contributed by atoms with Crippen LogP contribution in [-0.4, -0.2) is 32.7 Å². The largest absolute Gasteiger partial charge is 0.410 e. The number of rotatable bonds is 6. The van der Waals surface area contributed by atoms with E-state index in [1.54, 1.807) is 48.5 Å². The lowest BCUT2D eigenvalue weighted by atomic mass is 10.2. The maximum Gasteiger partial charge on any atom is 0.173 e. The van der Waals surface area contributed by atoms with Crippen LogP contribution in [0.2, 0.25) is 0 Å². The molecule has 0 atom stereocenters. The minimum atomic E-state index is -0.0493. The van der Waals surface area contributed by atoms with Crippen molar-refractivity contribution >= 4 is 39.5 Å². The van der Waals surface area contributed by atoms with Crippen LogP contribution in [0.1, 0.15) is 20.7 Å². The van der Waals surface area contributed by atoms with Crippen molar-refractivity contribution in [1.29, 1.82) is 0 Å². The first kappa shape index (κ1) is 17.3. The van der Waals surface area contributed by atoms with Gasteiger partial charge in [-0.25, -0.2) is 0 Å². The highest BCUT2D eigenvalue weighted by Crippen LogP contribution is 2.19. The van der Waals surface area contributed by atoms with Crippen molar-refractivity contribution in [2.45, 2.75) is 0 Å². The van der Waals surface area contributed by atoms with Crippen LogP contribution in [-0.2, 0) is 0 Å². The van der Waals surface area contributed by atoms with E-state index in [4.69, 9.17) is 5.21 Å². The summed E-state index contributed by atoms with van der Waals surface area (Å²) in [5.74, 6) is 0.227. The Bertz CT molecular complexity index is 630. The van der Waals surface area contributed by atoms with Crippen LogP contribution in [0.25, 0.3) is 0 Å². The number of nitrogens with zero attached hydrogens (tertiary/aromatic N) is 1. The predicted molar refractivity (Wildman–Crippen MR) is 95.7 cm³/mol. The number of carbonyl (C=O) groups excluding carboxylic acids is 2. The fraction of sp³-hybridized carbons (Fsp3) is 0.118. The van der Waals surface area contributed by atoms with E-state index in [0.29, 0.717) is 15.5 Å². The molecule has 0 amide bonds. The summed E-state index contributed by atoms with van der Waals surface area (Å²) in [5.41, 5.74) is 1.23. The highest BCUT2D eigenvalue weighted by atomic mass is 32.2. The third-order valence-electron chi connectivity index (χ3n) is 2.93. The summed E-state index contributed by atoms with van der Waals surface area (Å²) in [6, 6.07) is 17.8. The van der Waals surface area contributed by atoms with Gasteiger partial charge in [0, 0.05) is 11.1 Å². The molecule has 0 aromatic heterocycles. The van der Waals surface area contributed by atoms with Gasteiger partial charge in [0.05, 0.1) is 11.5 Å². The first-order valence-electron chi connectivity index (χ1n) is 6.85. The average Bonchev–Trinajstić information content (AvgIpc) is 2.62. The van der Waals surface area contributed by atoms with Crippen molar-refractivity contribution in [1.82, 2.24) is 0 Å². The fourth-order valence-corrected chi connectivity index (χ4v) is 3.41. The van der Waals surface area contributed by atoms with Gasteiger partial charge < -0.3 is 5.21 Å². The van der Waals surface area contributed by atoms with E-state index < -0.39 is 0 Å². The topological polar surface area (TPSA) is 66.7 Å². The number of carbonyl (C=O) groups is 2. The van der Waals surface area contributed by atoms with E-state index in [2.05, 4.69) is 5.16 Å². The van der Waals surface area contributed by atoms with Gasteiger partial charge in [-0.1, -0.05) is 89.3 Å². The van der Waals surface area contributed by atoms with Gasteiger partial charge in [-0.15, -0.1) is 0 Å². The molecule has 6 heteroatoms. The first-order chi connectivity index (χ1) is 11.2. The van der Waals surface area contributed by atoms with E-state index in [9.17, 15) is 9.59 Å². The SMILES string of the molecule is O=C(CSC(=NO)SCC(=O)c1ccccc1)c1ccccc1. The molecule has 118 valence electrons. The normalized spacial score (nSPS) is 10.1. The van der Waals surface area contributed by atoms with Gasteiger partial charge in [-0.2, -0.15) is 0 Å². The molecule has 0 aliphatic rings. The molecule has 0 radical (unpaired) electrons. The predicted octanol–water partition coefficient (Wildman–Crippen LogP) is 3.96. The molecule has 0 heterocycles. The van der Waals surface area contributed by atoms with E-state index >= 15 is 0 Å². The van der Waals surface area contributed by atoms with Gasteiger partial charge in [-0.3, -0.25) is 9.59 Å². The van der Waals surface area contributed by atoms with Crippen LogP contribution in [0.3, 0.4) is 0 Å². The summed E-state index contributed by atoms with van der Waals surface area (Å²) in [5, 5.41) is 12.2. The van der Waals surface area contributed by atoms with Gasteiger partial charge >= 0.3 is 0 Å². The smallest absolute Gasteiger partial charge is 0.173 e. The molecule has 2 aromatic rings. The summed E-state index contributed by atoms with van der Waals surface area (Å²) in [7, 11) is 0. The van der Waals surface area contributed by atoms with Crippen molar-refractivity contribution in [3.63, 3.8) is 0 Å². The van der Waals surface area contributed by atoms with Crippen LogP contribution in [0.4, 0.5) is 0 Å². The highest BCUT2D eigenvalue weighted by molar-refractivity contribution is 8.39. The molecule has 0 spiro atoms. The zero-order chi connectivity index (χ0) is 16.5. The Morgan fingerprint density at radius 1 is 0.783 bits per heavy atom. The highest BCUT2D eigenvalue weighted by Gasteiger charge is 2.12. The zero-order valence-electron chi connectivity index (χ0n) is 12.2. The first-order valence-corrected chi connectivity index (χ1v) is 8.82. The molecule has 0 saturated carbocycles. The Kier molecular flexibility index (Phi) is 6.90. The maximum atomic E-state index is 12.0. The Labute approximate surface area is 143 Å². The van der Waals surface area contributed by atoms with Crippen LogP contribution in [0, 0.1) is 0 Å². The minimum absolute atomic E-state index is 0.0493. The van der Waals surface area contributed by atoms with Crippen molar-refractivity contribution in [2.75, 3.05) is 11.5 Å². The standard InChI is InChI=1S/C17H15NO3S2/c19-15(13-7-3-1-4-8-13)11-22-17(18-21)23-12-16(20)14-9-5-2-6-10-14/h1-10,21H,11-12H2. The van der Waals surface area contributed by atoms with E-state index in [-0.39, 0.29) is 23.1 Å². The van der Waals surface area contributed by atoms with Crippen LogP contribution in [0.5, 0.6) is 0 Å². The molecular formula is C17H15NO3S2. The maximum absolute atomic E-state index is 12.0. The summed E-state index contributed by atoms with van der Waals surface area (Å²) in [6.07, 6.45) is 0. The Morgan fingerprint density at radius 3 is 1.52 bits per heavy atom. The molecule has 4 nitrogen and oxygen atoms in total. The molecule has 2 aromatic carbocycles. The lowest BCUT2D eigenvalue weighted by molar-refractivity contribution is 0.101. The van der Waals surface area contributed by atoms with Crippen molar-refractivity contribution in [2.24, 2.45) is 5.16 Å². The summed E-state index contributed by atoms with van der Waals surface area (Å²) < 4.78 is 0.304. The molecule has 0 unspecified atom stereocenters. The summed E-state index contributed by atoms with van der Waals surface area (Å²) >= 11 is 2.25. The number of hydrogen-bond acceptors (Lipinski definition) is 6. The third-order valence-corrected chi connectivity index (χ3v) is 5.10. The minimum Gasteiger partial charge on any atom is -0.410 e. The summed E-state index contributed by atoms with van der Waals surface area (Å²) in [6.45, 7) is 0. The van der Waals surface area contributed by atoms with Gasteiger partial charge in [0.25, 0.3) is 0 Å². The van der Waals surface area contributed by atoms with Gasteiger partial charge in [0.15, 0.2) is 15.9 Å². The second-order valence-electron chi connectivity index (χ2n) is 4.52. The number of oxime groups is 1. The number of benzene rings is 2. The zero-order valence-corrected chi connectivity index (χ0v) is 13.8. The Balaban J connectivity index is 1.82. The second kappa shape index (κ2) is 9.17. The monoisotopic (exact) mass is 345 g/mol. The molecule has 0 aliphatic heterocycles. The number of thioether (sulfide) groups is 2. The van der Waals surface area contributed by atoms with Crippen molar-refractivity contribution < 1.29 is 14.8 Å². The molecule has 23 heavy (non-hydrogen) atoms. The molecule has 2 rings (SSSR count). The number of ketones is 2. The number of Topliss-reactive ketones (excluding diaryl/α,β-unsaturated/α-hetero) is 2. The van der Waals surface area contributed by atoms with Gasteiger partial charge in [-0.05, 0) is 0 Å². The second-order valence-corrected chi connectivity index (χ2v) is 6.71. The van der Waals surface area contributed by atoms with Gasteiger partial charge in [0.2, 0.25) is 0 Å². The van der Waals surface area contributed by atoms with E-state index in [0.717, 1.165) is 23.5 Å². The van der Waals surface area contributed by atoms with Crippen molar-refractivity contribution in [3.8, 4) is 0 Å². The Morgan fingerprint density at radius 2 is 1.17 bits per heavy atom. The fourth-order valence-electron chi connectivity index (χ4n) is 1.77. The summed E-state index contributed by atoms with van der Waals surface area (Å²) in [4.78, 5) is 24.0. The molecule has 1 N–H and O–H groups in total. The lowest BCUT2D eigenvalue weighted by Crippen LogP contribution is -2.07. The van der Waals surface area contributed by atoms with Crippen LogP contribution < -0.4 is 0 Å². The lowest BCUT2D eigenvalue weighted by Gasteiger charge is -2.04. The Hall–Kier alpha value is -2.05. The molecule has 0 bridgehead atoms. The van der Waals surface area contributed by atoms with E-state index in [1.807, 2.05) is 12.1 Å². The van der Waals surface area contributed by atoms with E-state index in [1.165, 1.54) is 0 Å². The van der Waals surface area contributed by atoms with Gasteiger partial charge in [0.1, 0.15) is 0 Å². The molecule has 0 saturated heterocycles. The molecular weight excluding hydrogens is 330 g/mol. The van der Waals surface area contributed by atoms with Crippen molar-refractivity contribution in [3.05, 3.63) is 71.8 Å². The van der Waals surface area contributed by atoms with Crippen LogP contribution in [0.15, 0.2) is 65.8 Å². The molecule has 0 fully saturated rings. The quantitative estimate of drug-likeness (QED) is 0.282.